The number of aliphatic hydroxyl groups excluding tert-OH is 11. The number of ether oxygens (including phenoxy) is 10. The monoisotopic (exact) mass is 1230 g/mol. The predicted octanol–water partition coefficient (Wildman–Crippen LogP) is -0.662. The number of hydrogen-bond acceptors (Lipinski definition) is 25. The Labute approximate surface area is 490 Å². The summed E-state index contributed by atoms with van der Waals surface area (Å²) in [6, 6.07) is 0. The van der Waals surface area contributed by atoms with E-state index in [9.17, 15) is 74.2 Å². The summed E-state index contributed by atoms with van der Waals surface area (Å²) in [7, 11) is -4.85. The van der Waals surface area contributed by atoms with Crippen molar-refractivity contribution in [1.29, 1.82) is 0 Å². The smallest absolute Gasteiger partial charge is 0.390 e. The second-order valence-electron chi connectivity index (χ2n) is 26.7. The van der Waals surface area contributed by atoms with Gasteiger partial charge in [0.15, 0.2) is 31.5 Å². The van der Waals surface area contributed by atoms with E-state index in [1.165, 1.54) is 33.3 Å². The lowest BCUT2D eigenvalue weighted by Gasteiger charge is -2.60. The van der Waals surface area contributed by atoms with E-state index in [0.29, 0.717) is 38.5 Å². The molecule has 27 heteroatoms. The molecule has 5 aliphatic heterocycles. The van der Waals surface area contributed by atoms with Crippen LogP contribution in [0.1, 0.15) is 120 Å². The molecule has 3 saturated carbocycles. The van der Waals surface area contributed by atoms with Crippen molar-refractivity contribution in [2.75, 3.05) is 6.61 Å². The van der Waals surface area contributed by atoms with E-state index in [0.717, 1.165) is 18.4 Å². The van der Waals surface area contributed by atoms with Crippen molar-refractivity contribution in [1.82, 2.24) is 0 Å². The van der Waals surface area contributed by atoms with Gasteiger partial charge in [-0.25, -0.2) is 4.18 Å². The maximum absolute atomic E-state index is 12.4. The maximum Gasteiger partial charge on any atom is 0.397 e. The molecule has 19 unspecified atom stereocenters. The summed E-state index contributed by atoms with van der Waals surface area (Å²) >= 11 is 0. The van der Waals surface area contributed by atoms with Crippen LogP contribution in [0.4, 0.5) is 0 Å². The van der Waals surface area contributed by atoms with Crippen LogP contribution in [0.25, 0.3) is 0 Å². The molecule has 4 aliphatic carbocycles. The standard InChI is InChI=1S/C57H94O26S/c1-22(2)23(3)13-18-57(10,69)35-12-11-30-29-20-33(32-19-28(83-84(70,71)72)14-16-55(32,8)31(29)15-17-56(30,35)9)78-52-46(68)47(39(61)27(7)76-52)80-53-48(81-50-44(66)41(63)36(58)24(4)74-50)40(62)34(21-73-53)79-54-49(43(65)38(60)26(6)77-54)82-51-45(67)42(64)37(59)25(5)75-51/h15,22,24-30,32-54,58-69H,3,11-14,16-21H2,1-2,4-10H3,(H,70,71,72)/t24?,25?,26?,27?,28?,29?,30?,32?,33?,34-,35+,36-,37-,38+,39-,40?,41?,42?,43?,44?,45?,46?,47?,48?,49?,50+,51+,52+,53+,54+,55-,56+,57+/m1/s1. The highest BCUT2D eigenvalue weighted by Gasteiger charge is 2.63. The zero-order valence-electron chi connectivity index (χ0n) is 49.3. The van der Waals surface area contributed by atoms with Crippen molar-refractivity contribution in [2.24, 2.45) is 40.4 Å². The zero-order valence-corrected chi connectivity index (χ0v) is 50.1. The largest absolute Gasteiger partial charge is 0.397 e. The molecule has 9 aliphatic rings. The Morgan fingerprint density at radius 1 is 0.631 bits per heavy atom. The molecule has 0 amide bonds. The van der Waals surface area contributed by atoms with E-state index in [4.69, 9.17) is 51.6 Å². The highest BCUT2D eigenvalue weighted by atomic mass is 32.3. The topological polar surface area (TPSA) is 399 Å². The van der Waals surface area contributed by atoms with E-state index in [1.807, 2.05) is 6.92 Å². The average Bonchev–Trinajstić information content (AvgIpc) is 1.42. The van der Waals surface area contributed by atoms with E-state index >= 15 is 0 Å². The molecule has 484 valence electrons. The van der Waals surface area contributed by atoms with E-state index in [2.05, 4.69) is 40.3 Å². The van der Waals surface area contributed by atoms with Crippen LogP contribution in [-0.4, -0.2) is 246 Å². The molecular formula is C57H94O26S. The van der Waals surface area contributed by atoms with Gasteiger partial charge in [0.1, 0.15) is 91.6 Å². The Kier molecular flexibility index (Phi) is 20.4. The highest BCUT2D eigenvalue weighted by Crippen LogP contribution is 2.67. The molecular weight excluding hydrogens is 1130 g/mol. The number of aliphatic hydroxyl groups is 12. The van der Waals surface area contributed by atoms with E-state index in [1.54, 1.807) is 0 Å². The fourth-order valence-electron chi connectivity index (χ4n) is 15.5. The summed E-state index contributed by atoms with van der Waals surface area (Å²) in [5, 5.41) is 135. The van der Waals surface area contributed by atoms with Crippen LogP contribution in [-0.2, 0) is 62.0 Å². The molecule has 0 radical (unpaired) electrons. The van der Waals surface area contributed by atoms with Crippen molar-refractivity contribution < 1.29 is 126 Å². The van der Waals surface area contributed by atoms with Gasteiger partial charge in [-0.05, 0) is 133 Å². The third kappa shape index (κ3) is 13.0. The van der Waals surface area contributed by atoms with E-state index < -0.39 is 194 Å². The first-order chi connectivity index (χ1) is 39.2. The lowest BCUT2D eigenvalue weighted by molar-refractivity contribution is -0.397. The van der Waals surface area contributed by atoms with Crippen molar-refractivity contribution in [3.63, 3.8) is 0 Å². The first kappa shape index (κ1) is 66.9. The molecule has 0 spiro atoms. The van der Waals surface area contributed by atoms with Gasteiger partial charge < -0.3 is 109 Å². The van der Waals surface area contributed by atoms with Crippen LogP contribution >= 0.6 is 0 Å². The molecule has 0 bridgehead atoms. The van der Waals surface area contributed by atoms with Crippen LogP contribution in [0.3, 0.4) is 0 Å². The summed E-state index contributed by atoms with van der Waals surface area (Å²) in [6.45, 7) is 19.9. The van der Waals surface area contributed by atoms with Gasteiger partial charge in [-0.2, -0.15) is 8.42 Å². The predicted molar refractivity (Wildman–Crippen MR) is 288 cm³/mol. The SMILES string of the molecule is C=C(CC[C@](C)(O)[C@H]1CCC2C3CC(O[C@@H]4OC(C)[C@@H](O)C(O[C@@H]5OC[C@@H](O[C@@H]6OC(C)[C@H](O)C(O)C6O[C@@H]6OC(C)[C@@H](O)C(O)C6O)C(O)C5O[C@@H]5OC(C)[C@@H](O)C(O)C5O)C4O)C4CC(OS(=O)(=O)O)CC[C@]4(C)C3=CC[C@@]21C)C(C)C. The number of hydrogen-bond donors (Lipinski definition) is 13. The molecule has 84 heavy (non-hydrogen) atoms. The average molecular weight is 1230 g/mol. The Morgan fingerprint density at radius 2 is 1.14 bits per heavy atom. The molecule has 26 nitrogen and oxygen atoms in total. The first-order valence-electron chi connectivity index (χ1n) is 29.9. The van der Waals surface area contributed by atoms with Gasteiger partial charge in [-0.1, -0.05) is 51.5 Å². The summed E-state index contributed by atoms with van der Waals surface area (Å²) in [6.07, 6.45) is -33.5. The molecule has 0 aromatic carbocycles. The van der Waals surface area contributed by atoms with Gasteiger partial charge in [0.05, 0.1) is 48.8 Å². The van der Waals surface area contributed by atoms with Crippen molar-refractivity contribution in [2.45, 2.75) is 285 Å². The Hall–Kier alpha value is -1.53. The van der Waals surface area contributed by atoms with Gasteiger partial charge in [0, 0.05) is 0 Å². The Morgan fingerprint density at radius 3 is 1.71 bits per heavy atom. The molecule has 33 atom stereocenters. The van der Waals surface area contributed by atoms with Gasteiger partial charge in [-0.3, -0.25) is 4.55 Å². The van der Waals surface area contributed by atoms with Crippen LogP contribution in [0.2, 0.25) is 0 Å². The Balaban J connectivity index is 0.977. The van der Waals surface area contributed by atoms with Crippen LogP contribution in [0, 0.1) is 40.4 Å². The summed E-state index contributed by atoms with van der Waals surface area (Å²) < 4.78 is 101. The van der Waals surface area contributed by atoms with Gasteiger partial charge >= 0.3 is 10.4 Å². The minimum absolute atomic E-state index is 0.0478. The molecule has 0 aromatic rings. The third-order valence-corrected chi connectivity index (χ3v) is 21.3. The second kappa shape index (κ2) is 25.6. The second-order valence-corrected chi connectivity index (χ2v) is 27.7. The summed E-state index contributed by atoms with van der Waals surface area (Å²) in [5.41, 5.74) is 0.377. The quantitative estimate of drug-likeness (QED) is 0.0635. The lowest BCUT2D eigenvalue weighted by Crippen LogP contribution is -2.66. The van der Waals surface area contributed by atoms with Crippen LogP contribution in [0.15, 0.2) is 23.8 Å². The van der Waals surface area contributed by atoms with Gasteiger partial charge in [0.25, 0.3) is 0 Å². The Bertz CT molecular complexity index is 2400. The van der Waals surface area contributed by atoms with Gasteiger partial charge in [0.2, 0.25) is 0 Å². The zero-order chi connectivity index (χ0) is 61.6. The highest BCUT2D eigenvalue weighted by molar-refractivity contribution is 7.80. The summed E-state index contributed by atoms with van der Waals surface area (Å²) in [4.78, 5) is 0. The van der Waals surface area contributed by atoms with E-state index in [-0.39, 0.29) is 35.5 Å². The van der Waals surface area contributed by atoms with Crippen LogP contribution in [0.5, 0.6) is 0 Å². The maximum atomic E-state index is 12.4. The minimum Gasteiger partial charge on any atom is -0.390 e. The number of fused-ring (bicyclic) bond motifs is 5. The fourth-order valence-corrected chi connectivity index (χ4v) is 16.1. The van der Waals surface area contributed by atoms with Crippen LogP contribution < -0.4 is 0 Å². The minimum atomic E-state index is -4.85. The number of allylic oxidation sites excluding steroid dienone is 3. The normalized spacial score (nSPS) is 51.7. The van der Waals surface area contributed by atoms with Crippen molar-refractivity contribution in [3.8, 4) is 0 Å². The number of rotatable bonds is 17. The lowest BCUT2D eigenvalue weighted by atomic mass is 9.47. The van der Waals surface area contributed by atoms with Crippen molar-refractivity contribution in [3.05, 3.63) is 23.8 Å². The first-order valence-corrected chi connectivity index (χ1v) is 31.3. The third-order valence-electron chi connectivity index (χ3n) is 20.8. The molecule has 8 fully saturated rings. The fraction of sp³-hybridized carbons (Fsp3) is 0.930. The molecule has 13 N–H and O–H groups in total. The molecule has 5 saturated heterocycles. The summed E-state index contributed by atoms with van der Waals surface area (Å²) in [5.74, 6) is -0.204. The molecule has 9 rings (SSSR count). The van der Waals surface area contributed by atoms with Crippen molar-refractivity contribution >= 4 is 10.4 Å². The van der Waals surface area contributed by atoms with Gasteiger partial charge in [-0.15, -0.1) is 0 Å². The molecule has 5 heterocycles. The molecule has 0 aromatic heterocycles.